The minimum Gasteiger partial charge on any atom is -0.478 e. The van der Waals surface area contributed by atoms with Crippen LogP contribution in [0.25, 0.3) is 6.08 Å². The van der Waals surface area contributed by atoms with E-state index in [1.165, 1.54) is 13.0 Å². The van der Waals surface area contributed by atoms with Crippen molar-refractivity contribution in [1.29, 1.82) is 0 Å². The number of aliphatic carboxylic acids is 1. The zero-order valence-electron chi connectivity index (χ0n) is 10.9. The molecule has 0 saturated carbocycles. The standard InChI is InChI=1S/C13H18N4O2/c1-9(13(18)19)5-11-7-16-12(8-15-11)17-10-3-2-4-14-6-10/h5,7-8,10,14H,2-4,6H2,1H3,(H,16,17)(H,18,19)/b9-5+/t10-/m1/s1. The van der Waals surface area contributed by atoms with Gasteiger partial charge < -0.3 is 15.7 Å². The Kier molecular flexibility index (Phi) is 4.46. The van der Waals surface area contributed by atoms with Gasteiger partial charge in [-0.3, -0.25) is 4.98 Å². The highest BCUT2D eigenvalue weighted by atomic mass is 16.4. The van der Waals surface area contributed by atoms with Crippen molar-refractivity contribution < 1.29 is 9.90 Å². The molecule has 6 heteroatoms. The largest absolute Gasteiger partial charge is 0.478 e. The fourth-order valence-corrected chi connectivity index (χ4v) is 1.95. The number of carboxylic acid groups (broad SMARTS) is 1. The highest BCUT2D eigenvalue weighted by molar-refractivity contribution is 5.91. The molecular weight excluding hydrogens is 244 g/mol. The Balaban J connectivity index is 1.98. The van der Waals surface area contributed by atoms with Crippen LogP contribution in [-0.2, 0) is 4.79 Å². The number of hydrogen-bond acceptors (Lipinski definition) is 5. The smallest absolute Gasteiger partial charge is 0.331 e. The third kappa shape index (κ3) is 4.03. The normalized spacial score (nSPS) is 20.1. The van der Waals surface area contributed by atoms with Crippen LogP contribution >= 0.6 is 0 Å². The molecule has 19 heavy (non-hydrogen) atoms. The van der Waals surface area contributed by atoms with Crippen molar-refractivity contribution in [2.75, 3.05) is 18.4 Å². The van der Waals surface area contributed by atoms with Crippen LogP contribution in [0.4, 0.5) is 5.82 Å². The van der Waals surface area contributed by atoms with Crippen LogP contribution in [0.1, 0.15) is 25.5 Å². The van der Waals surface area contributed by atoms with Crippen LogP contribution in [-0.4, -0.2) is 40.2 Å². The van der Waals surface area contributed by atoms with E-state index >= 15 is 0 Å². The summed E-state index contributed by atoms with van der Waals surface area (Å²) >= 11 is 0. The molecule has 1 aliphatic heterocycles. The average Bonchev–Trinajstić information content (AvgIpc) is 2.42. The lowest BCUT2D eigenvalue weighted by Crippen LogP contribution is -2.38. The monoisotopic (exact) mass is 262 g/mol. The van der Waals surface area contributed by atoms with Gasteiger partial charge in [0.05, 0.1) is 18.1 Å². The highest BCUT2D eigenvalue weighted by Crippen LogP contribution is 2.10. The van der Waals surface area contributed by atoms with Crippen molar-refractivity contribution in [2.45, 2.75) is 25.8 Å². The summed E-state index contributed by atoms with van der Waals surface area (Å²) in [5, 5.41) is 15.4. The number of anilines is 1. The number of nitrogens with one attached hydrogen (secondary N) is 2. The molecule has 1 fully saturated rings. The van der Waals surface area contributed by atoms with Gasteiger partial charge in [0.15, 0.2) is 0 Å². The first-order chi connectivity index (χ1) is 9.15. The molecule has 1 aromatic rings. The number of rotatable bonds is 4. The van der Waals surface area contributed by atoms with Crippen LogP contribution in [0.2, 0.25) is 0 Å². The third-order valence-corrected chi connectivity index (χ3v) is 3.02. The van der Waals surface area contributed by atoms with Crippen molar-refractivity contribution >= 4 is 17.9 Å². The van der Waals surface area contributed by atoms with Gasteiger partial charge in [0, 0.05) is 18.2 Å². The summed E-state index contributed by atoms with van der Waals surface area (Å²) in [6.45, 7) is 3.54. The number of aromatic nitrogens is 2. The lowest BCUT2D eigenvalue weighted by Gasteiger charge is -2.24. The van der Waals surface area contributed by atoms with E-state index in [-0.39, 0.29) is 5.57 Å². The van der Waals surface area contributed by atoms with Gasteiger partial charge in [-0.25, -0.2) is 9.78 Å². The maximum Gasteiger partial charge on any atom is 0.331 e. The molecule has 1 saturated heterocycles. The van der Waals surface area contributed by atoms with Gasteiger partial charge in [-0.1, -0.05) is 0 Å². The van der Waals surface area contributed by atoms with Crippen LogP contribution in [0.5, 0.6) is 0 Å². The molecule has 1 aliphatic rings. The zero-order valence-corrected chi connectivity index (χ0v) is 10.9. The molecule has 0 bridgehead atoms. The third-order valence-electron chi connectivity index (χ3n) is 3.02. The van der Waals surface area contributed by atoms with Gasteiger partial charge in [0.1, 0.15) is 5.82 Å². The minimum absolute atomic E-state index is 0.242. The first-order valence-corrected chi connectivity index (χ1v) is 6.36. The molecule has 0 aliphatic carbocycles. The Hall–Kier alpha value is -1.95. The Labute approximate surface area is 112 Å². The molecule has 0 unspecified atom stereocenters. The van der Waals surface area contributed by atoms with E-state index < -0.39 is 5.97 Å². The highest BCUT2D eigenvalue weighted by Gasteiger charge is 2.12. The maximum atomic E-state index is 10.7. The molecule has 102 valence electrons. The molecular formula is C13H18N4O2. The summed E-state index contributed by atoms with van der Waals surface area (Å²) in [7, 11) is 0. The van der Waals surface area contributed by atoms with Crippen LogP contribution in [0.15, 0.2) is 18.0 Å². The van der Waals surface area contributed by atoms with Crippen molar-refractivity contribution in [1.82, 2.24) is 15.3 Å². The number of carbonyl (C=O) groups is 1. The lowest BCUT2D eigenvalue weighted by atomic mass is 10.1. The predicted octanol–water partition coefficient (Wildman–Crippen LogP) is 1.13. The van der Waals surface area contributed by atoms with Crippen molar-refractivity contribution in [3.63, 3.8) is 0 Å². The van der Waals surface area contributed by atoms with Gasteiger partial charge in [-0.05, 0) is 32.4 Å². The van der Waals surface area contributed by atoms with Crippen molar-refractivity contribution in [3.05, 3.63) is 23.7 Å². The molecule has 1 aromatic heterocycles. The molecule has 2 heterocycles. The summed E-state index contributed by atoms with van der Waals surface area (Å²) < 4.78 is 0. The Morgan fingerprint density at radius 2 is 2.37 bits per heavy atom. The van der Waals surface area contributed by atoms with Gasteiger partial charge in [-0.15, -0.1) is 0 Å². The van der Waals surface area contributed by atoms with Crippen molar-refractivity contribution in [3.8, 4) is 0 Å². The first-order valence-electron chi connectivity index (χ1n) is 6.36. The second kappa shape index (κ2) is 6.29. The summed E-state index contributed by atoms with van der Waals surface area (Å²) in [4.78, 5) is 19.1. The van der Waals surface area contributed by atoms with E-state index in [1.54, 1.807) is 12.4 Å². The van der Waals surface area contributed by atoms with Crippen LogP contribution in [0, 0.1) is 0 Å². The van der Waals surface area contributed by atoms with E-state index in [4.69, 9.17) is 5.11 Å². The molecule has 2 rings (SSSR count). The molecule has 3 N–H and O–H groups in total. The molecule has 1 atom stereocenters. The van der Waals surface area contributed by atoms with E-state index in [0.29, 0.717) is 11.7 Å². The molecule has 0 amide bonds. The fraction of sp³-hybridized carbons (Fsp3) is 0.462. The number of nitrogens with zero attached hydrogens (tertiary/aromatic N) is 2. The van der Waals surface area contributed by atoms with Crippen LogP contribution < -0.4 is 10.6 Å². The second-order valence-corrected chi connectivity index (χ2v) is 4.65. The first kappa shape index (κ1) is 13.5. The summed E-state index contributed by atoms with van der Waals surface area (Å²) in [6.07, 6.45) is 6.99. The zero-order chi connectivity index (χ0) is 13.7. The average molecular weight is 262 g/mol. The van der Waals surface area contributed by atoms with E-state index in [2.05, 4.69) is 20.6 Å². The van der Waals surface area contributed by atoms with E-state index in [9.17, 15) is 4.79 Å². The summed E-state index contributed by atoms with van der Waals surface area (Å²) in [5.41, 5.74) is 0.790. The Bertz CT molecular complexity index is 464. The topological polar surface area (TPSA) is 87.1 Å². The van der Waals surface area contributed by atoms with E-state index in [0.717, 1.165) is 31.7 Å². The Morgan fingerprint density at radius 1 is 1.53 bits per heavy atom. The quantitative estimate of drug-likeness (QED) is 0.705. The molecule has 6 nitrogen and oxygen atoms in total. The predicted molar refractivity (Wildman–Crippen MR) is 72.8 cm³/mol. The second-order valence-electron chi connectivity index (χ2n) is 4.65. The van der Waals surface area contributed by atoms with Gasteiger partial charge >= 0.3 is 5.97 Å². The number of piperidine rings is 1. The van der Waals surface area contributed by atoms with Gasteiger partial charge in [0.2, 0.25) is 0 Å². The lowest BCUT2D eigenvalue weighted by molar-refractivity contribution is -0.132. The Morgan fingerprint density at radius 3 is 2.95 bits per heavy atom. The van der Waals surface area contributed by atoms with Crippen molar-refractivity contribution in [2.24, 2.45) is 0 Å². The minimum atomic E-state index is -0.947. The summed E-state index contributed by atoms with van der Waals surface area (Å²) in [6, 6.07) is 0.380. The van der Waals surface area contributed by atoms with E-state index in [1.807, 2.05) is 0 Å². The number of hydrogen-bond donors (Lipinski definition) is 3. The molecule has 0 radical (unpaired) electrons. The molecule has 0 aromatic carbocycles. The molecule has 0 spiro atoms. The summed E-state index contributed by atoms with van der Waals surface area (Å²) in [5.74, 6) is -0.226. The SMILES string of the molecule is C/C(=C\c1cnc(N[C@@H]2CCCNC2)cn1)C(=O)O. The fourth-order valence-electron chi connectivity index (χ4n) is 1.95. The number of carboxylic acids is 1. The van der Waals surface area contributed by atoms with Gasteiger partial charge in [-0.2, -0.15) is 0 Å². The van der Waals surface area contributed by atoms with Gasteiger partial charge in [0.25, 0.3) is 0 Å². The maximum absolute atomic E-state index is 10.7. The van der Waals surface area contributed by atoms with Crippen LogP contribution in [0.3, 0.4) is 0 Å².